The highest BCUT2D eigenvalue weighted by Crippen LogP contribution is 2.50. The van der Waals surface area contributed by atoms with Gasteiger partial charge in [-0.05, 0) is 68.3 Å². The third-order valence-corrected chi connectivity index (χ3v) is 9.23. The van der Waals surface area contributed by atoms with Crippen molar-refractivity contribution in [2.24, 2.45) is 5.73 Å². The molecule has 0 saturated heterocycles. The number of aromatic nitrogens is 1. The minimum Gasteiger partial charge on any atom is -0.496 e. The molecule has 3 aromatic rings. The van der Waals surface area contributed by atoms with Crippen molar-refractivity contribution in [2.75, 3.05) is 19.9 Å². The first-order valence-electron chi connectivity index (χ1n) is 14.2. The largest absolute Gasteiger partial charge is 0.496 e. The number of terminal acetylenes is 1. The van der Waals surface area contributed by atoms with Crippen LogP contribution in [-0.4, -0.2) is 41.2 Å². The molecule has 1 amide bonds. The predicted molar refractivity (Wildman–Crippen MR) is 167 cm³/mol. The number of nitrogen functional groups attached to an aromatic ring is 1. The van der Waals surface area contributed by atoms with Gasteiger partial charge in [-0.15, -0.1) is 24.6 Å². The maximum Gasteiger partial charge on any atom is 0.237 e. The summed E-state index contributed by atoms with van der Waals surface area (Å²) in [6, 6.07) is 12.0. The van der Waals surface area contributed by atoms with E-state index in [1.807, 2.05) is 36.1 Å². The first-order chi connectivity index (χ1) is 20.4. The van der Waals surface area contributed by atoms with E-state index in [-0.39, 0.29) is 22.8 Å². The van der Waals surface area contributed by atoms with E-state index < -0.39 is 16.9 Å². The van der Waals surface area contributed by atoms with E-state index in [1.165, 1.54) is 24.9 Å². The first-order valence-corrected chi connectivity index (χ1v) is 15.0. The Morgan fingerprint density at radius 1 is 1.05 bits per heavy atom. The molecule has 1 saturated carbocycles. The van der Waals surface area contributed by atoms with Crippen LogP contribution >= 0.6 is 11.8 Å². The SMILES string of the molecule is C#C.CCC1c2c(F)ccc(F)c2SC1C(=O)N(Cc1cc(-c2ccc(N)nc2)ccc1OC)C1CCCCC1.CN. The molecule has 2 unspecified atom stereocenters. The quantitative estimate of drug-likeness (QED) is 0.293. The molecule has 4 N–H and O–H groups in total. The van der Waals surface area contributed by atoms with Crippen LogP contribution in [-0.2, 0) is 11.3 Å². The van der Waals surface area contributed by atoms with Crippen molar-refractivity contribution >= 4 is 23.5 Å². The number of nitrogens with zero attached hydrogens (tertiary/aromatic N) is 2. The van der Waals surface area contributed by atoms with Crippen molar-refractivity contribution in [1.29, 1.82) is 0 Å². The van der Waals surface area contributed by atoms with Crippen LogP contribution in [0.4, 0.5) is 14.6 Å². The molecular formula is C33H40F2N4O2S. The summed E-state index contributed by atoms with van der Waals surface area (Å²) in [5, 5.41) is -0.571. The fourth-order valence-corrected chi connectivity index (χ4v) is 7.34. The number of nitrogens with two attached hydrogens (primary N) is 2. The van der Waals surface area contributed by atoms with E-state index in [0.29, 0.717) is 30.1 Å². The first kappa shape index (κ1) is 32.9. The molecule has 5 rings (SSSR count). The summed E-state index contributed by atoms with van der Waals surface area (Å²) in [6.45, 7) is 2.29. The maximum absolute atomic E-state index is 14.8. The summed E-state index contributed by atoms with van der Waals surface area (Å²) in [5.41, 5.74) is 13.4. The number of ether oxygens (including phenoxy) is 1. The molecule has 0 bridgehead atoms. The lowest BCUT2D eigenvalue weighted by Crippen LogP contribution is -2.46. The van der Waals surface area contributed by atoms with Crippen LogP contribution in [0.3, 0.4) is 0 Å². The van der Waals surface area contributed by atoms with Crippen LogP contribution in [0.2, 0.25) is 0 Å². The van der Waals surface area contributed by atoms with Gasteiger partial charge in [0.2, 0.25) is 5.91 Å². The van der Waals surface area contributed by atoms with Crippen LogP contribution in [0.15, 0.2) is 53.6 Å². The number of halogens is 2. The zero-order valence-corrected chi connectivity index (χ0v) is 25.3. The maximum atomic E-state index is 14.8. The average molecular weight is 595 g/mol. The Morgan fingerprint density at radius 3 is 2.33 bits per heavy atom. The Hall–Kier alpha value is -3.61. The molecule has 6 nitrogen and oxygen atoms in total. The number of carbonyl (C=O) groups excluding carboxylic acids is 1. The van der Waals surface area contributed by atoms with E-state index >= 15 is 0 Å². The Labute approximate surface area is 252 Å². The van der Waals surface area contributed by atoms with Crippen LogP contribution < -0.4 is 16.2 Å². The third kappa shape index (κ3) is 7.05. The van der Waals surface area contributed by atoms with Gasteiger partial charge < -0.3 is 21.1 Å². The summed E-state index contributed by atoms with van der Waals surface area (Å²) < 4.78 is 35.2. The van der Waals surface area contributed by atoms with E-state index in [0.717, 1.165) is 54.9 Å². The number of methoxy groups -OCH3 is 1. The number of hydrogen-bond donors (Lipinski definition) is 2. The van der Waals surface area contributed by atoms with Crippen LogP contribution in [0.5, 0.6) is 5.75 Å². The highest BCUT2D eigenvalue weighted by atomic mass is 32.2. The second-order valence-electron chi connectivity index (χ2n) is 10.1. The van der Waals surface area contributed by atoms with Gasteiger partial charge in [0.25, 0.3) is 0 Å². The number of amides is 1. The molecule has 2 aliphatic rings. The molecule has 1 aliphatic carbocycles. The van der Waals surface area contributed by atoms with Crippen molar-refractivity contribution in [1.82, 2.24) is 9.88 Å². The topological polar surface area (TPSA) is 94.5 Å². The Balaban J connectivity index is 0.00000116. The molecule has 9 heteroatoms. The number of rotatable bonds is 7. The Morgan fingerprint density at radius 2 is 1.71 bits per heavy atom. The smallest absolute Gasteiger partial charge is 0.237 e. The number of carbonyl (C=O) groups is 1. The average Bonchev–Trinajstić information content (AvgIpc) is 3.45. The second-order valence-corrected chi connectivity index (χ2v) is 11.2. The van der Waals surface area contributed by atoms with E-state index in [4.69, 9.17) is 10.5 Å². The van der Waals surface area contributed by atoms with Crippen molar-refractivity contribution in [2.45, 2.75) is 74.1 Å². The molecule has 1 aromatic heterocycles. The molecule has 1 aliphatic heterocycles. The number of fused-ring (bicyclic) bond motifs is 1. The molecule has 0 spiro atoms. The normalized spacial score (nSPS) is 17.6. The molecule has 2 aromatic carbocycles. The van der Waals surface area contributed by atoms with Crippen molar-refractivity contribution < 1.29 is 18.3 Å². The lowest BCUT2D eigenvalue weighted by atomic mass is 9.89. The van der Waals surface area contributed by atoms with Gasteiger partial charge in [0.15, 0.2) is 0 Å². The highest BCUT2D eigenvalue weighted by Gasteiger charge is 2.43. The van der Waals surface area contributed by atoms with E-state index in [2.05, 4.69) is 23.6 Å². The van der Waals surface area contributed by atoms with Gasteiger partial charge in [-0.25, -0.2) is 13.8 Å². The lowest BCUT2D eigenvalue weighted by Gasteiger charge is -2.37. The zero-order valence-electron chi connectivity index (χ0n) is 24.5. The van der Waals surface area contributed by atoms with Gasteiger partial charge >= 0.3 is 0 Å². The van der Waals surface area contributed by atoms with Gasteiger partial charge in [0.1, 0.15) is 23.2 Å². The molecule has 1 fully saturated rings. The van der Waals surface area contributed by atoms with Gasteiger partial charge in [-0.2, -0.15) is 0 Å². The van der Waals surface area contributed by atoms with Gasteiger partial charge in [0, 0.05) is 41.4 Å². The van der Waals surface area contributed by atoms with E-state index in [9.17, 15) is 13.6 Å². The van der Waals surface area contributed by atoms with Gasteiger partial charge in [0.05, 0.1) is 17.3 Å². The number of thioether (sulfide) groups is 1. The Bertz CT molecular complexity index is 1360. The third-order valence-electron chi connectivity index (χ3n) is 7.80. The number of pyridine rings is 1. The summed E-state index contributed by atoms with van der Waals surface area (Å²) in [5.74, 6) is -0.200. The monoisotopic (exact) mass is 594 g/mol. The minimum absolute atomic E-state index is 0.0645. The summed E-state index contributed by atoms with van der Waals surface area (Å²) in [6.07, 6.45) is 15.4. The predicted octanol–water partition coefficient (Wildman–Crippen LogP) is 6.77. The number of hydrogen-bond acceptors (Lipinski definition) is 6. The minimum atomic E-state index is -0.571. The standard InChI is InChI=1S/C30H33F2N3O2S.C2H2.CH5N/c1-3-22-27-23(31)11-12-24(32)29(27)38-28(22)30(36)35(21-7-5-4-6-8-21)17-20-15-18(9-13-25(20)37-2)19-10-14-26(33)34-16-19;2*1-2/h9-16,21-22,28H,3-8,17H2,1-2H3,(H2,33,34);1-2H;2H2,1H3. The Kier molecular flexibility index (Phi) is 12.2. The molecule has 2 atom stereocenters. The lowest BCUT2D eigenvalue weighted by molar-refractivity contribution is -0.134. The van der Waals surface area contributed by atoms with Gasteiger partial charge in [-0.3, -0.25) is 4.79 Å². The summed E-state index contributed by atoms with van der Waals surface area (Å²) >= 11 is 1.17. The molecular weight excluding hydrogens is 554 g/mol. The van der Waals surface area contributed by atoms with Crippen LogP contribution in [0, 0.1) is 24.5 Å². The van der Waals surface area contributed by atoms with Crippen LogP contribution in [0.1, 0.15) is 62.5 Å². The number of anilines is 1. The van der Waals surface area contributed by atoms with Crippen molar-refractivity contribution in [3.8, 4) is 29.7 Å². The second kappa shape index (κ2) is 15.6. The van der Waals surface area contributed by atoms with E-state index in [1.54, 1.807) is 19.4 Å². The molecule has 42 heavy (non-hydrogen) atoms. The summed E-state index contributed by atoms with van der Waals surface area (Å²) in [4.78, 5) is 20.7. The van der Waals surface area contributed by atoms with Crippen LogP contribution in [0.25, 0.3) is 11.1 Å². The highest BCUT2D eigenvalue weighted by molar-refractivity contribution is 8.01. The van der Waals surface area contributed by atoms with Gasteiger partial charge in [-0.1, -0.05) is 32.3 Å². The molecule has 0 radical (unpaired) electrons. The zero-order chi connectivity index (χ0) is 30.8. The summed E-state index contributed by atoms with van der Waals surface area (Å²) in [7, 11) is 3.12. The molecule has 2 heterocycles. The number of benzene rings is 2. The fourth-order valence-electron chi connectivity index (χ4n) is 5.80. The molecule has 224 valence electrons. The fraction of sp³-hybridized carbons (Fsp3) is 0.394. The van der Waals surface area contributed by atoms with Crippen molar-refractivity contribution in [3.63, 3.8) is 0 Å². The van der Waals surface area contributed by atoms with Crippen molar-refractivity contribution in [3.05, 3.63) is 71.4 Å².